The second-order valence-corrected chi connectivity index (χ2v) is 8.45. The molecule has 4 heteroatoms. The van der Waals surface area contributed by atoms with Crippen LogP contribution in [0.4, 0.5) is 5.69 Å². The molecule has 6 aliphatic rings. The molecule has 0 amide bonds. The van der Waals surface area contributed by atoms with Crippen LogP contribution in [0, 0.1) is 17.3 Å². The normalized spacial score (nSPS) is 47.2. The fraction of sp³-hybridized carbons (Fsp3) is 0.600. The maximum atomic E-state index is 12.9. The van der Waals surface area contributed by atoms with Crippen LogP contribution in [-0.2, 0) is 14.9 Å². The number of fused-ring (bicyclic) bond motifs is 4. The minimum absolute atomic E-state index is 0.0325. The fourth-order valence-corrected chi connectivity index (χ4v) is 7.01. The van der Waals surface area contributed by atoms with Gasteiger partial charge in [-0.3, -0.25) is 14.7 Å². The monoisotopic (exact) mass is 322 g/mol. The number of hydrogen-bond donors (Lipinski definition) is 0. The van der Waals surface area contributed by atoms with Crippen molar-refractivity contribution in [2.24, 2.45) is 22.2 Å². The molecule has 0 aromatic heterocycles. The van der Waals surface area contributed by atoms with E-state index in [1.54, 1.807) is 0 Å². The molecule has 7 rings (SSSR count). The third kappa shape index (κ3) is 1.18. The van der Waals surface area contributed by atoms with Gasteiger partial charge < -0.3 is 4.74 Å². The highest BCUT2D eigenvalue weighted by Gasteiger charge is 2.75. The van der Waals surface area contributed by atoms with Gasteiger partial charge >= 0.3 is 5.97 Å². The third-order valence-electron chi connectivity index (χ3n) is 7.94. The van der Waals surface area contributed by atoms with E-state index < -0.39 is 0 Å². The molecule has 24 heavy (non-hydrogen) atoms. The lowest BCUT2D eigenvalue weighted by atomic mass is 9.40. The number of nitrogens with zero attached hydrogens (tertiary/aromatic N) is 2. The standard InChI is InChI=1S/C20H22N2O2/c1-3-19-10-22(2)14-8-12(19)16-18(23)24-15(19)9-20(16)11-6-4-5-7-13(11)21-17(14)20/h4-7,12,14-16H,3,8-10H2,1-2H3/t12?,14-,15+,16-,19+,20-/m0/s1. The smallest absolute Gasteiger partial charge is 0.310 e. The summed E-state index contributed by atoms with van der Waals surface area (Å²) >= 11 is 0. The van der Waals surface area contributed by atoms with Crippen molar-refractivity contribution in [2.45, 2.75) is 43.7 Å². The molecule has 4 aliphatic heterocycles. The maximum Gasteiger partial charge on any atom is 0.310 e. The van der Waals surface area contributed by atoms with E-state index in [0.29, 0.717) is 12.0 Å². The number of benzene rings is 1. The van der Waals surface area contributed by atoms with Crippen LogP contribution in [0.25, 0.3) is 0 Å². The van der Waals surface area contributed by atoms with Crippen LogP contribution in [0.3, 0.4) is 0 Å². The van der Waals surface area contributed by atoms with Crippen molar-refractivity contribution in [1.29, 1.82) is 0 Å². The minimum atomic E-state index is -0.197. The number of carbonyl (C=O) groups excluding carboxylic acids is 1. The number of aliphatic imine (C=N–C) groups is 1. The SMILES string of the molecule is CC[C@@]12CN(C)[C@H]3CC1[C@H]1C(=O)O[C@@H]2C[C@@]12C3=Nc1ccccc12. The molecule has 1 spiro atoms. The first-order valence-corrected chi connectivity index (χ1v) is 9.21. The Morgan fingerprint density at radius 3 is 3.04 bits per heavy atom. The first kappa shape index (κ1) is 13.6. The van der Waals surface area contributed by atoms with Gasteiger partial charge in [-0.2, -0.15) is 0 Å². The Balaban J connectivity index is 1.68. The molecular weight excluding hydrogens is 300 g/mol. The van der Waals surface area contributed by atoms with Crippen LogP contribution < -0.4 is 0 Å². The Morgan fingerprint density at radius 2 is 2.21 bits per heavy atom. The summed E-state index contributed by atoms with van der Waals surface area (Å²) in [7, 11) is 2.23. The summed E-state index contributed by atoms with van der Waals surface area (Å²) < 4.78 is 5.99. The predicted molar refractivity (Wildman–Crippen MR) is 90.5 cm³/mol. The Kier molecular flexibility index (Phi) is 2.23. The Labute approximate surface area is 141 Å². The van der Waals surface area contributed by atoms with Crippen molar-refractivity contribution in [1.82, 2.24) is 4.90 Å². The quantitative estimate of drug-likeness (QED) is 0.747. The van der Waals surface area contributed by atoms with E-state index >= 15 is 0 Å². The molecule has 1 aromatic rings. The number of esters is 1. The molecule has 124 valence electrons. The van der Waals surface area contributed by atoms with Gasteiger partial charge in [-0.15, -0.1) is 0 Å². The van der Waals surface area contributed by atoms with Crippen LogP contribution in [-0.4, -0.2) is 42.3 Å². The van der Waals surface area contributed by atoms with E-state index in [1.807, 2.05) is 0 Å². The van der Waals surface area contributed by atoms with Crippen LogP contribution in [0.15, 0.2) is 29.3 Å². The zero-order chi connectivity index (χ0) is 16.3. The summed E-state index contributed by atoms with van der Waals surface area (Å²) in [5, 5.41) is 0. The Hall–Kier alpha value is -1.68. The molecule has 5 fully saturated rings. The van der Waals surface area contributed by atoms with Gasteiger partial charge in [0, 0.05) is 30.1 Å². The summed E-state index contributed by atoms with van der Waals surface area (Å²) in [6, 6.07) is 8.85. The second kappa shape index (κ2) is 3.93. The number of hydrogen-bond acceptors (Lipinski definition) is 4. The predicted octanol–water partition coefficient (Wildman–Crippen LogP) is 2.69. The molecule has 1 unspecified atom stereocenters. The van der Waals surface area contributed by atoms with Crippen molar-refractivity contribution < 1.29 is 9.53 Å². The van der Waals surface area contributed by atoms with E-state index in [1.165, 1.54) is 11.3 Å². The molecule has 0 N–H and O–H groups in total. The molecule has 0 radical (unpaired) electrons. The van der Waals surface area contributed by atoms with Crippen molar-refractivity contribution in [3.63, 3.8) is 0 Å². The molecule has 1 aromatic carbocycles. The number of ether oxygens (including phenoxy) is 1. The summed E-state index contributed by atoms with van der Waals surface area (Å²) in [6.45, 7) is 3.31. The zero-order valence-corrected chi connectivity index (χ0v) is 14.2. The van der Waals surface area contributed by atoms with Crippen LogP contribution in [0.2, 0.25) is 0 Å². The summed E-state index contributed by atoms with van der Waals surface area (Å²) in [6.07, 6.45) is 3.13. The van der Waals surface area contributed by atoms with Gasteiger partial charge in [-0.1, -0.05) is 25.1 Å². The zero-order valence-electron chi connectivity index (χ0n) is 14.2. The van der Waals surface area contributed by atoms with Crippen LogP contribution in [0.5, 0.6) is 0 Å². The van der Waals surface area contributed by atoms with E-state index in [9.17, 15) is 4.79 Å². The van der Waals surface area contributed by atoms with Crippen molar-refractivity contribution in [3.05, 3.63) is 29.8 Å². The van der Waals surface area contributed by atoms with E-state index in [2.05, 4.69) is 43.1 Å². The minimum Gasteiger partial charge on any atom is -0.461 e. The fourth-order valence-electron chi connectivity index (χ4n) is 7.01. The molecule has 3 saturated heterocycles. The largest absolute Gasteiger partial charge is 0.461 e. The van der Waals surface area contributed by atoms with Gasteiger partial charge in [0.1, 0.15) is 6.10 Å². The molecule has 2 saturated carbocycles. The van der Waals surface area contributed by atoms with Crippen molar-refractivity contribution in [3.8, 4) is 0 Å². The van der Waals surface area contributed by atoms with E-state index in [4.69, 9.17) is 9.73 Å². The lowest BCUT2D eigenvalue weighted by Gasteiger charge is -2.69. The molecule has 6 atom stereocenters. The first-order valence-electron chi connectivity index (χ1n) is 9.21. The van der Waals surface area contributed by atoms with E-state index in [0.717, 1.165) is 31.5 Å². The van der Waals surface area contributed by atoms with Gasteiger partial charge in [0.25, 0.3) is 0 Å². The summed E-state index contributed by atoms with van der Waals surface area (Å²) in [5.41, 5.74) is 3.55. The second-order valence-electron chi connectivity index (χ2n) is 8.45. The number of rotatable bonds is 1. The molecule has 4 heterocycles. The van der Waals surface area contributed by atoms with Gasteiger partial charge in [-0.05, 0) is 37.4 Å². The third-order valence-corrected chi connectivity index (χ3v) is 7.94. The number of likely N-dealkylation sites (tertiary alicyclic amines) is 1. The number of piperidine rings is 1. The Morgan fingerprint density at radius 1 is 1.38 bits per heavy atom. The lowest BCUT2D eigenvalue weighted by Crippen LogP contribution is -2.78. The lowest BCUT2D eigenvalue weighted by molar-refractivity contribution is -0.235. The molecular formula is C20H22N2O2. The Bertz CT molecular complexity index is 818. The number of para-hydroxylation sites is 1. The van der Waals surface area contributed by atoms with Gasteiger partial charge in [0.2, 0.25) is 0 Å². The van der Waals surface area contributed by atoms with Crippen LogP contribution >= 0.6 is 0 Å². The topological polar surface area (TPSA) is 41.9 Å². The van der Waals surface area contributed by atoms with Crippen LogP contribution in [0.1, 0.15) is 31.7 Å². The average Bonchev–Trinajstić information content (AvgIpc) is 2.90. The highest BCUT2D eigenvalue weighted by Crippen LogP contribution is 2.69. The van der Waals surface area contributed by atoms with Crippen molar-refractivity contribution >= 4 is 17.4 Å². The van der Waals surface area contributed by atoms with Crippen molar-refractivity contribution in [2.75, 3.05) is 13.6 Å². The van der Waals surface area contributed by atoms with Gasteiger partial charge in [-0.25, -0.2) is 0 Å². The maximum absolute atomic E-state index is 12.9. The molecule has 4 nitrogen and oxygen atoms in total. The van der Waals surface area contributed by atoms with Gasteiger partial charge in [0.05, 0.1) is 17.0 Å². The average molecular weight is 322 g/mol. The summed E-state index contributed by atoms with van der Waals surface area (Å²) in [4.78, 5) is 20.5. The molecule has 2 aliphatic carbocycles. The summed E-state index contributed by atoms with van der Waals surface area (Å²) in [5.74, 6) is 0.441. The highest BCUT2D eigenvalue weighted by atomic mass is 16.5. The van der Waals surface area contributed by atoms with E-state index in [-0.39, 0.29) is 28.8 Å². The number of carbonyl (C=O) groups is 1. The van der Waals surface area contributed by atoms with Gasteiger partial charge in [0.15, 0.2) is 0 Å². The first-order chi connectivity index (χ1) is 11.6. The molecule has 5 bridgehead atoms. The highest BCUT2D eigenvalue weighted by molar-refractivity contribution is 6.10.